The van der Waals surface area contributed by atoms with Crippen LogP contribution in [0.5, 0.6) is 0 Å². The Labute approximate surface area is 133 Å². The Morgan fingerprint density at radius 2 is 1.38 bits per heavy atom. The first-order chi connectivity index (χ1) is 11.5. The normalized spacial score (nSPS) is 10.5. The van der Waals surface area contributed by atoms with Crippen molar-refractivity contribution in [2.45, 2.75) is 0 Å². The van der Waals surface area contributed by atoms with Crippen LogP contribution in [0.2, 0.25) is 0 Å². The molecule has 2 aromatic carbocycles. The van der Waals surface area contributed by atoms with Gasteiger partial charge in [0.25, 0.3) is 17.1 Å². The molecule has 0 atom stereocenters. The molecule has 10 nitrogen and oxygen atoms in total. The van der Waals surface area contributed by atoms with Gasteiger partial charge in [-0.3, -0.25) is 24.9 Å². The van der Waals surface area contributed by atoms with E-state index in [9.17, 15) is 25.4 Å². The van der Waals surface area contributed by atoms with E-state index in [-0.39, 0.29) is 38.8 Å². The molecule has 0 fully saturated rings. The second-order valence-corrected chi connectivity index (χ2v) is 4.68. The molecule has 0 aliphatic heterocycles. The average Bonchev–Trinajstić information content (AvgIpc) is 2.96. The zero-order valence-electron chi connectivity index (χ0n) is 11.9. The summed E-state index contributed by atoms with van der Waals surface area (Å²) in [5.74, 6) is 0. The predicted octanol–water partition coefficient (Wildman–Crippen LogP) is 2.46. The number of aromatic nitrogens is 2. The molecule has 3 aromatic rings. The van der Waals surface area contributed by atoms with Crippen LogP contribution in [0.1, 0.15) is 0 Å². The van der Waals surface area contributed by atoms with Crippen molar-refractivity contribution in [2.75, 3.05) is 0 Å². The van der Waals surface area contributed by atoms with E-state index in [1.54, 1.807) is 0 Å². The lowest BCUT2D eigenvalue weighted by atomic mass is 10.0. The van der Waals surface area contributed by atoms with E-state index in [1.807, 2.05) is 0 Å². The number of nitro benzene ring substituents is 2. The first-order valence-electron chi connectivity index (χ1n) is 6.58. The number of benzene rings is 2. The number of hydrogen-bond acceptors (Lipinski definition) is 7. The molecule has 1 heterocycles. The maximum absolute atomic E-state index is 12.0. The van der Waals surface area contributed by atoms with Crippen LogP contribution in [0, 0.1) is 25.4 Å². The van der Waals surface area contributed by atoms with Gasteiger partial charge in [-0.05, 0) is 17.0 Å². The molecular formula is C14H8N4O6. The first-order valence-corrected chi connectivity index (χ1v) is 6.58. The van der Waals surface area contributed by atoms with Gasteiger partial charge in [-0.1, -0.05) is 24.3 Å². The molecule has 0 aliphatic rings. The summed E-state index contributed by atoms with van der Waals surface area (Å²) in [5.41, 5.74) is -1.08. The van der Waals surface area contributed by atoms with Crippen LogP contribution in [-0.4, -0.2) is 15.0 Å². The summed E-state index contributed by atoms with van der Waals surface area (Å²) >= 11 is 0. The zero-order chi connectivity index (χ0) is 17.3. The highest BCUT2D eigenvalue weighted by atomic mass is 16.8. The molecule has 10 heteroatoms. The summed E-state index contributed by atoms with van der Waals surface area (Å²) in [6.07, 6.45) is 0. The van der Waals surface area contributed by atoms with Crippen molar-refractivity contribution in [3.8, 4) is 22.5 Å². The Kier molecular flexibility index (Phi) is 3.62. The Morgan fingerprint density at radius 3 is 1.96 bits per heavy atom. The molecule has 24 heavy (non-hydrogen) atoms. The number of nitrogens with zero attached hydrogens (tertiary/aromatic N) is 4. The molecular weight excluding hydrogens is 320 g/mol. The van der Waals surface area contributed by atoms with E-state index < -0.39 is 9.85 Å². The molecule has 0 radical (unpaired) electrons. The van der Waals surface area contributed by atoms with Crippen molar-refractivity contribution in [1.29, 1.82) is 0 Å². The second kappa shape index (κ2) is 5.76. The topological polar surface area (TPSA) is 139 Å². The summed E-state index contributed by atoms with van der Waals surface area (Å²) in [4.78, 5) is 21.1. The SMILES string of the molecule is O=[N+]([O-])c1ccccc1-c1no[n+]([O-])c1-c1ccccc1[N+](=O)[O-]. The van der Waals surface area contributed by atoms with Gasteiger partial charge in [-0.2, -0.15) is 0 Å². The fourth-order valence-corrected chi connectivity index (χ4v) is 2.32. The van der Waals surface area contributed by atoms with E-state index in [2.05, 4.69) is 9.79 Å². The fourth-order valence-electron chi connectivity index (χ4n) is 2.32. The van der Waals surface area contributed by atoms with Crippen molar-refractivity contribution in [1.82, 2.24) is 5.16 Å². The summed E-state index contributed by atoms with van der Waals surface area (Å²) in [7, 11) is 0. The van der Waals surface area contributed by atoms with Crippen molar-refractivity contribution in [2.24, 2.45) is 0 Å². The number of rotatable bonds is 4. The molecule has 0 N–H and O–H groups in total. The standard InChI is InChI=1S/C14H8N4O6/c19-16(20)11-7-3-1-5-9(11)13-14(18(23)24-15-13)10-6-2-4-8-12(10)17(21)22/h1-8H. The minimum atomic E-state index is -0.661. The highest BCUT2D eigenvalue weighted by Crippen LogP contribution is 2.37. The molecule has 0 saturated heterocycles. The lowest BCUT2D eigenvalue weighted by Crippen LogP contribution is -2.25. The lowest BCUT2D eigenvalue weighted by molar-refractivity contribution is -0.793. The Hall–Kier alpha value is -3.82. The molecule has 0 amide bonds. The zero-order valence-corrected chi connectivity index (χ0v) is 11.9. The summed E-state index contributed by atoms with van der Waals surface area (Å²) in [5, 5.41) is 37.9. The molecule has 0 bridgehead atoms. The van der Waals surface area contributed by atoms with Gasteiger partial charge < -0.3 is 5.21 Å². The molecule has 0 unspecified atom stereocenters. The minimum Gasteiger partial charge on any atom is -0.359 e. The van der Waals surface area contributed by atoms with E-state index in [0.29, 0.717) is 0 Å². The van der Waals surface area contributed by atoms with E-state index in [4.69, 9.17) is 0 Å². The number of para-hydroxylation sites is 2. The van der Waals surface area contributed by atoms with Gasteiger partial charge in [0.2, 0.25) is 5.69 Å². The van der Waals surface area contributed by atoms with Crippen molar-refractivity contribution in [3.05, 3.63) is 74.0 Å². The van der Waals surface area contributed by atoms with Gasteiger partial charge >= 0.3 is 0 Å². The van der Waals surface area contributed by atoms with Gasteiger partial charge in [0.05, 0.1) is 9.85 Å². The van der Waals surface area contributed by atoms with Crippen LogP contribution >= 0.6 is 0 Å². The van der Waals surface area contributed by atoms with Crippen molar-refractivity contribution >= 4 is 11.4 Å². The maximum atomic E-state index is 12.0. The first kappa shape index (κ1) is 15.1. The number of nitro groups is 2. The molecule has 120 valence electrons. The van der Waals surface area contributed by atoms with Crippen LogP contribution in [0.25, 0.3) is 22.5 Å². The summed E-state index contributed by atoms with van der Waals surface area (Å²) < 4.78 is 4.54. The second-order valence-electron chi connectivity index (χ2n) is 4.68. The average molecular weight is 328 g/mol. The minimum absolute atomic E-state index is 0.00556. The summed E-state index contributed by atoms with van der Waals surface area (Å²) in [6.45, 7) is 0. The molecule has 3 rings (SSSR count). The van der Waals surface area contributed by atoms with Crippen molar-refractivity contribution < 1.29 is 19.4 Å². The van der Waals surface area contributed by atoms with Gasteiger partial charge in [0.1, 0.15) is 11.1 Å². The molecule has 0 saturated carbocycles. The largest absolute Gasteiger partial charge is 0.359 e. The van der Waals surface area contributed by atoms with Gasteiger partial charge in [0, 0.05) is 17.3 Å². The fraction of sp³-hybridized carbons (Fsp3) is 0. The van der Waals surface area contributed by atoms with Crippen molar-refractivity contribution in [3.63, 3.8) is 0 Å². The molecule has 0 spiro atoms. The lowest BCUT2D eigenvalue weighted by Gasteiger charge is -2.01. The Morgan fingerprint density at radius 1 is 0.875 bits per heavy atom. The molecule has 1 aromatic heterocycles. The maximum Gasteiger partial charge on any atom is 0.281 e. The van der Waals surface area contributed by atoms with E-state index >= 15 is 0 Å². The number of hydrogen-bond donors (Lipinski definition) is 0. The van der Waals surface area contributed by atoms with E-state index in [1.165, 1.54) is 48.5 Å². The summed E-state index contributed by atoms with van der Waals surface area (Å²) in [6, 6.07) is 11.1. The third kappa shape index (κ3) is 2.41. The highest BCUT2D eigenvalue weighted by molar-refractivity contribution is 5.84. The van der Waals surface area contributed by atoms with Gasteiger partial charge in [0.15, 0.2) is 0 Å². The van der Waals surface area contributed by atoms with Crippen LogP contribution in [0.15, 0.2) is 53.2 Å². The van der Waals surface area contributed by atoms with Crippen LogP contribution < -0.4 is 4.90 Å². The van der Waals surface area contributed by atoms with Gasteiger partial charge in [-0.25, -0.2) is 0 Å². The smallest absolute Gasteiger partial charge is 0.281 e. The third-order valence-corrected chi connectivity index (χ3v) is 3.32. The Balaban J connectivity index is 2.30. The van der Waals surface area contributed by atoms with E-state index in [0.717, 1.165) is 0 Å². The predicted molar refractivity (Wildman–Crippen MR) is 79.6 cm³/mol. The molecule has 0 aliphatic carbocycles. The monoisotopic (exact) mass is 328 g/mol. The van der Waals surface area contributed by atoms with Crippen LogP contribution in [0.3, 0.4) is 0 Å². The Bertz CT molecular complexity index is 952. The van der Waals surface area contributed by atoms with Crippen LogP contribution in [-0.2, 0) is 0 Å². The van der Waals surface area contributed by atoms with Crippen LogP contribution in [0.4, 0.5) is 11.4 Å². The quantitative estimate of drug-likeness (QED) is 0.407. The highest BCUT2D eigenvalue weighted by Gasteiger charge is 2.32. The van der Waals surface area contributed by atoms with Gasteiger partial charge in [-0.15, -0.1) is 0 Å². The third-order valence-electron chi connectivity index (χ3n) is 3.32.